The number of carbonyl (C=O) groups is 1. The van der Waals surface area contributed by atoms with E-state index in [1.54, 1.807) is 6.92 Å². The molecule has 1 heterocycles. The lowest BCUT2D eigenvalue weighted by Crippen LogP contribution is -2.37. The number of H-pyrrole nitrogens is 1. The molecule has 0 aliphatic rings. The fourth-order valence-electron chi connectivity index (χ4n) is 1.73. The predicted molar refractivity (Wildman–Crippen MR) is 66.8 cm³/mol. The van der Waals surface area contributed by atoms with Gasteiger partial charge in [-0.05, 0) is 30.7 Å². The molecule has 3 N–H and O–H groups in total. The van der Waals surface area contributed by atoms with Gasteiger partial charge in [0.2, 0.25) is 0 Å². The molecule has 2 rings (SSSR count). The number of benzene rings is 1. The number of nitrogens with zero attached hydrogens (tertiary/aromatic N) is 1. The van der Waals surface area contributed by atoms with Crippen LogP contribution < -0.4 is 5.32 Å². The summed E-state index contributed by atoms with van der Waals surface area (Å²) >= 11 is 0. The van der Waals surface area contributed by atoms with E-state index in [0.29, 0.717) is 0 Å². The molecule has 0 aliphatic carbocycles. The Hall–Kier alpha value is -2.28. The number of aromatic nitrogens is 2. The van der Waals surface area contributed by atoms with E-state index in [2.05, 4.69) is 15.5 Å². The Labute approximate surface area is 113 Å². The molecular weight excluding hydrogens is 268 g/mol. The molecule has 1 amide bonds. The molecule has 2 atom stereocenters. The first-order valence-electron chi connectivity index (χ1n) is 5.92. The second-order valence-corrected chi connectivity index (χ2v) is 4.35. The number of aliphatic hydroxyl groups excluding tert-OH is 1. The molecule has 0 saturated carbocycles. The van der Waals surface area contributed by atoms with Crippen LogP contribution in [0.4, 0.5) is 8.78 Å². The van der Waals surface area contributed by atoms with Gasteiger partial charge in [-0.15, -0.1) is 0 Å². The summed E-state index contributed by atoms with van der Waals surface area (Å²) in [6.07, 6.45) is 0.266. The average Bonchev–Trinajstić information content (AvgIpc) is 2.95. The summed E-state index contributed by atoms with van der Waals surface area (Å²) in [7, 11) is 0. The summed E-state index contributed by atoms with van der Waals surface area (Å²) < 4.78 is 25.9. The van der Waals surface area contributed by atoms with E-state index in [9.17, 15) is 18.7 Å². The number of amides is 1. The highest BCUT2D eigenvalue weighted by molar-refractivity contribution is 5.92. The third kappa shape index (κ3) is 3.00. The molecule has 2 aromatic rings. The fourth-order valence-corrected chi connectivity index (χ4v) is 1.73. The topological polar surface area (TPSA) is 78.0 Å². The molecule has 1 aromatic carbocycles. The maximum Gasteiger partial charge on any atom is 0.269 e. The minimum absolute atomic E-state index is 0.182. The monoisotopic (exact) mass is 281 g/mol. The van der Waals surface area contributed by atoms with E-state index in [0.717, 1.165) is 12.1 Å². The lowest BCUT2D eigenvalue weighted by atomic mass is 10.0. The van der Waals surface area contributed by atoms with Crippen LogP contribution in [0, 0.1) is 11.6 Å². The van der Waals surface area contributed by atoms with Crippen molar-refractivity contribution in [2.24, 2.45) is 0 Å². The van der Waals surface area contributed by atoms with E-state index in [1.807, 2.05) is 0 Å². The van der Waals surface area contributed by atoms with E-state index in [1.165, 1.54) is 18.3 Å². The van der Waals surface area contributed by atoms with Crippen molar-refractivity contribution in [1.29, 1.82) is 0 Å². The third-order valence-electron chi connectivity index (χ3n) is 2.86. The van der Waals surface area contributed by atoms with Gasteiger partial charge in [-0.2, -0.15) is 5.10 Å². The number of aliphatic hydroxyl groups is 1. The normalized spacial score (nSPS) is 13.8. The fraction of sp³-hybridized carbons (Fsp3) is 0.231. The molecule has 0 fully saturated rings. The summed E-state index contributed by atoms with van der Waals surface area (Å²) in [4.78, 5) is 11.7. The Morgan fingerprint density at radius 1 is 1.35 bits per heavy atom. The zero-order valence-corrected chi connectivity index (χ0v) is 10.6. The third-order valence-corrected chi connectivity index (χ3v) is 2.86. The zero-order chi connectivity index (χ0) is 14.7. The highest BCUT2D eigenvalue weighted by atomic mass is 19.2. The summed E-state index contributed by atoms with van der Waals surface area (Å²) in [5, 5.41) is 18.7. The lowest BCUT2D eigenvalue weighted by Gasteiger charge is -2.20. The van der Waals surface area contributed by atoms with Crippen LogP contribution in [0.2, 0.25) is 0 Å². The zero-order valence-electron chi connectivity index (χ0n) is 10.6. The van der Waals surface area contributed by atoms with E-state index in [-0.39, 0.29) is 11.3 Å². The summed E-state index contributed by atoms with van der Waals surface area (Å²) in [6.45, 7) is 1.56. The van der Waals surface area contributed by atoms with Crippen LogP contribution in [0.1, 0.15) is 29.1 Å². The van der Waals surface area contributed by atoms with E-state index >= 15 is 0 Å². The van der Waals surface area contributed by atoms with Crippen LogP contribution in [0.5, 0.6) is 0 Å². The average molecular weight is 281 g/mol. The van der Waals surface area contributed by atoms with Gasteiger partial charge in [0.05, 0.1) is 12.1 Å². The molecule has 0 aliphatic heterocycles. The van der Waals surface area contributed by atoms with Gasteiger partial charge in [0.25, 0.3) is 5.91 Å². The summed E-state index contributed by atoms with van der Waals surface area (Å²) in [5.41, 5.74) is 0.427. The van der Waals surface area contributed by atoms with Crippen LogP contribution in [0.3, 0.4) is 0 Å². The van der Waals surface area contributed by atoms with Crippen molar-refractivity contribution < 1.29 is 18.7 Å². The van der Waals surface area contributed by atoms with E-state index in [4.69, 9.17) is 0 Å². The maximum atomic E-state index is 13.1. The number of carbonyl (C=O) groups excluding carboxylic acids is 1. The maximum absolute atomic E-state index is 13.1. The van der Waals surface area contributed by atoms with Gasteiger partial charge in [0, 0.05) is 6.20 Å². The smallest absolute Gasteiger partial charge is 0.269 e. The van der Waals surface area contributed by atoms with Crippen LogP contribution in [0.25, 0.3) is 0 Å². The van der Waals surface area contributed by atoms with Crippen molar-refractivity contribution in [3.8, 4) is 0 Å². The Balaban J connectivity index is 2.06. The molecule has 20 heavy (non-hydrogen) atoms. The Morgan fingerprint density at radius 3 is 2.70 bits per heavy atom. The molecule has 7 heteroatoms. The van der Waals surface area contributed by atoms with Crippen LogP contribution in [-0.4, -0.2) is 27.3 Å². The number of nitrogens with one attached hydrogen (secondary N) is 2. The van der Waals surface area contributed by atoms with Gasteiger partial charge in [-0.25, -0.2) is 8.78 Å². The van der Waals surface area contributed by atoms with Crippen LogP contribution in [0.15, 0.2) is 30.5 Å². The van der Waals surface area contributed by atoms with E-state index < -0.39 is 29.7 Å². The minimum atomic E-state index is -1.16. The largest absolute Gasteiger partial charge is 0.386 e. The van der Waals surface area contributed by atoms with Gasteiger partial charge in [-0.1, -0.05) is 6.07 Å². The second kappa shape index (κ2) is 5.79. The lowest BCUT2D eigenvalue weighted by molar-refractivity contribution is 0.0846. The molecular formula is C13H13F2N3O2. The van der Waals surface area contributed by atoms with Crippen LogP contribution in [-0.2, 0) is 0 Å². The first-order chi connectivity index (χ1) is 9.49. The number of halogens is 2. The quantitative estimate of drug-likeness (QED) is 0.795. The highest BCUT2D eigenvalue weighted by Gasteiger charge is 2.20. The van der Waals surface area contributed by atoms with Gasteiger partial charge >= 0.3 is 0 Å². The predicted octanol–water partition coefficient (Wildman–Crippen LogP) is 1.54. The molecule has 5 nitrogen and oxygen atoms in total. The van der Waals surface area contributed by atoms with Crippen molar-refractivity contribution >= 4 is 5.91 Å². The first kappa shape index (κ1) is 14.1. The highest BCUT2D eigenvalue weighted by Crippen LogP contribution is 2.19. The van der Waals surface area contributed by atoms with Crippen molar-refractivity contribution in [2.45, 2.75) is 19.1 Å². The van der Waals surface area contributed by atoms with Gasteiger partial charge < -0.3 is 10.4 Å². The molecule has 0 bridgehead atoms. The Kier molecular flexibility index (Phi) is 4.09. The van der Waals surface area contributed by atoms with Gasteiger partial charge in [-0.3, -0.25) is 9.89 Å². The van der Waals surface area contributed by atoms with Crippen LogP contribution >= 0.6 is 0 Å². The molecule has 0 spiro atoms. The molecule has 1 aromatic heterocycles. The number of hydrogen-bond acceptors (Lipinski definition) is 3. The standard InChI is InChI=1S/C13H13F2N3O2/c1-7(17-13(20)11-4-5-16-18-11)12(19)8-2-3-9(14)10(15)6-8/h2-7,12,19H,1H3,(H,16,18)(H,17,20). The molecule has 2 unspecified atom stereocenters. The first-order valence-corrected chi connectivity index (χ1v) is 5.92. The Morgan fingerprint density at radius 2 is 2.10 bits per heavy atom. The van der Waals surface area contributed by atoms with Crippen molar-refractivity contribution in [2.75, 3.05) is 0 Å². The number of rotatable bonds is 4. The van der Waals surface area contributed by atoms with Gasteiger partial charge in [0.1, 0.15) is 5.69 Å². The summed E-state index contributed by atoms with van der Waals surface area (Å²) in [6, 6.07) is 3.89. The number of aromatic amines is 1. The molecule has 106 valence electrons. The SMILES string of the molecule is CC(NC(=O)c1ccn[nH]1)C(O)c1ccc(F)c(F)c1. The second-order valence-electron chi connectivity index (χ2n) is 4.35. The van der Waals surface area contributed by atoms with Gasteiger partial charge in [0.15, 0.2) is 11.6 Å². The van der Waals surface area contributed by atoms with Crippen molar-refractivity contribution in [1.82, 2.24) is 15.5 Å². The Bertz CT molecular complexity index is 602. The number of hydrogen-bond donors (Lipinski definition) is 3. The van der Waals surface area contributed by atoms with Crippen molar-refractivity contribution in [3.63, 3.8) is 0 Å². The minimum Gasteiger partial charge on any atom is -0.386 e. The van der Waals surface area contributed by atoms with Crippen molar-refractivity contribution in [3.05, 3.63) is 53.4 Å². The summed E-state index contributed by atoms with van der Waals surface area (Å²) in [5.74, 6) is -2.49. The molecule has 0 saturated heterocycles. The molecule has 0 radical (unpaired) electrons.